The number of nitrogens with zero attached hydrogens (tertiary/aromatic N) is 2. The number of sulfonamides is 1. The second kappa shape index (κ2) is 5.30. The van der Waals surface area contributed by atoms with Crippen molar-refractivity contribution in [2.75, 3.05) is 18.0 Å². The number of nitrogens with two attached hydrogens (primary N) is 1. The van der Waals surface area contributed by atoms with E-state index in [0.29, 0.717) is 13.1 Å². The second-order valence-corrected chi connectivity index (χ2v) is 6.38. The summed E-state index contributed by atoms with van der Waals surface area (Å²) in [6, 6.07) is 3.42. The number of benzene rings is 1. The maximum atomic E-state index is 11.2. The summed E-state index contributed by atoms with van der Waals surface area (Å²) in [7, 11) is -4.02. The van der Waals surface area contributed by atoms with E-state index in [1.54, 1.807) is 4.90 Å². The number of aliphatic carboxylic acids is 1. The molecule has 1 saturated heterocycles. The van der Waals surface area contributed by atoms with Crippen LogP contribution in [-0.2, 0) is 14.8 Å². The highest BCUT2D eigenvalue weighted by atomic mass is 32.2. The number of nitro groups is 1. The van der Waals surface area contributed by atoms with E-state index < -0.39 is 20.9 Å². The molecule has 0 radical (unpaired) electrons. The van der Waals surface area contributed by atoms with Crippen LogP contribution in [0.25, 0.3) is 0 Å². The summed E-state index contributed by atoms with van der Waals surface area (Å²) in [6.45, 7) is 0.754. The number of anilines is 1. The number of carbonyl (C=O) groups is 1. The fourth-order valence-electron chi connectivity index (χ4n) is 2.24. The highest BCUT2D eigenvalue weighted by Crippen LogP contribution is 2.35. The molecule has 0 amide bonds. The van der Waals surface area contributed by atoms with E-state index in [0.717, 1.165) is 6.07 Å². The number of primary sulfonamides is 1. The highest BCUT2D eigenvalue weighted by molar-refractivity contribution is 7.89. The number of nitro benzene ring substituents is 1. The predicted octanol–water partition coefficient (Wildman–Crippen LogP) is 0.153. The zero-order chi connectivity index (χ0) is 15.8. The summed E-state index contributed by atoms with van der Waals surface area (Å²) in [5.41, 5.74) is -0.107. The van der Waals surface area contributed by atoms with Gasteiger partial charge in [-0.1, -0.05) is 0 Å². The van der Waals surface area contributed by atoms with E-state index in [1.165, 1.54) is 12.1 Å². The van der Waals surface area contributed by atoms with E-state index in [4.69, 9.17) is 10.2 Å². The molecule has 1 aromatic rings. The van der Waals surface area contributed by atoms with Crippen LogP contribution in [0.4, 0.5) is 11.4 Å². The molecule has 1 aliphatic heterocycles. The molecule has 2 rings (SSSR count). The lowest BCUT2D eigenvalue weighted by molar-refractivity contribution is -0.384. The number of carboxylic acid groups (broad SMARTS) is 1. The lowest BCUT2D eigenvalue weighted by Gasteiger charge is -2.40. The van der Waals surface area contributed by atoms with Gasteiger partial charge in [0.2, 0.25) is 10.0 Å². The van der Waals surface area contributed by atoms with Crippen molar-refractivity contribution in [3.63, 3.8) is 0 Å². The Kier molecular flexibility index (Phi) is 3.83. The Morgan fingerprint density at radius 3 is 2.57 bits per heavy atom. The summed E-state index contributed by atoms with van der Waals surface area (Å²) in [5.74, 6) is -0.987. The van der Waals surface area contributed by atoms with Crippen molar-refractivity contribution in [2.45, 2.75) is 11.3 Å². The van der Waals surface area contributed by atoms with Crippen LogP contribution in [0.15, 0.2) is 23.1 Å². The molecule has 114 valence electrons. The molecule has 0 aliphatic carbocycles. The van der Waals surface area contributed by atoms with Crippen molar-refractivity contribution in [1.29, 1.82) is 0 Å². The minimum absolute atomic E-state index is 0.000436. The largest absolute Gasteiger partial charge is 0.481 e. The first kappa shape index (κ1) is 15.2. The van der Waals surface area contributed by atoms with Crippen LogP contribution >= 0.6 is 0 Å². The van der Waals surface area contributed by atoms with Gasteiger partial charge in [0, 0.05) is 25.1 Å². The molecule has 0 spiro atoms. The smallest absolute Gasteiger partial charge is 0.303 e. The van der Waals surface area contributed by atoms with Gasteiger partial charge in [0.05, 0.1) is 16.2 Å². The lowest BCUT2D eigenvalue weighted by Crippen LogP contribution is -2.47. The molecular formula is C11H13N3O6S. The van der Waals surface area contributed by atoms with Crippen LogP contribution in [-0.4, -0.2) is 37.5 Å². The average Bonchev–Trinajstić information content (AvgIpc) is 2.31. The lowest BCUT2D eigenvalue weighted by atomic mass is 9.95. The van der Waals surface area contributed by atoms with Crippen molar-refractivity contribution >= 4 is 27.4 Å². The summed E-state index contributed by atoms with van der Waals surface area (Å²) in [6.07, 6.45) is -0.000436. The Hall–Kier alpha value is -2.20. The fraction of sp³-hybridized carbons (Fsp3) is 0.364. The van der Waals surface area contributed by atoms with Crippen LogP contribution in [0.3, 0.4) is 0 Å². The molecule has 10 heteroatoms. The SMILES string of the molecule is NS(=O)(=O)c1ccc(N2CC(CC(=O)O)C2)c([N+](=O)[O-])c1. The first-order chi connectivity index (χ1) is 9.68. The van der Waals surface area contributed by atoms with Crippen molar-refractivity contribution in [2.24, 2.45) is 11.1 Å². The van der Waals surface area contributed by atoms with Gasteiger partial charge >= 0.3 is 5.97 Å². The minimum Gasteiger partial charge on any atom is -0.481 e. The van der Waals surface area contributed by atoms with Crippen LogP contribution in [0, 0.1) is 16.0 Å². The monoisotopic (exact) mass is 315 g/mol. The molecule has 9 nitrogen and oxygen atoms in total. The normalized spacial score (nSPS) is 15.6. The van der Waals surface area contributed by atoms with Gasteiger partial charge in [-0.2, -0.15) is 0 Å². The van der Waals surface area contributed by atoms with E-state index in [-0.39, 0.29) is 28.6 Å². The molecular weight excluding hydrogens is 302 g/mol. The van der Waals surface area contributed by atoms with Gasteiger partial charge in [0.1, 0.15) is 5.69 Å². The zero-order valence-electron chi connectivity index (χ0n) is 10.8. The number of rotatable bonds is 5. The first-order valence-corrected chi connectivity index (χ1v) is 7.51. The van der Waals surface area contributed by atoms with Gasteiger partial charge < -0.3 is 10.0 Å². The molecule has 21 heavy (non-hydrogen) atoms. The Morgan fingerprint density at radius 1 is 1.48 bits per heavy atom. The maximum Gasteiger partial charge on any atom is 0.303 e. The number of carboxylic acids is 1. The molecule has 0 saturated carbocycles. The van der Waals surface area contributed by atoms with Crippen LogP contribution < -0.4 is 10.0 Å². The second-order valence-electron chi connectivity index (χ2n) is 4.82. The van der Waals surface area contributed by atoms with Gasteiger partial charge in [0.25, 0.3) is 5.69 Å². The van der Waals surface area contributed by atoms with Crippen molar-refractivity contribution in [3.05, 3.63) is 28.3 Å². The fourth-order valence-corrected chi connectivity index (χ4v) is 2.77. The van der Waals surface area contributed by atoms with E-state index in [2.05, 4.69) is 0 Å². The quantitative estimate of drug-likeness (QED) is 0.581. The van der Waals surface area contributed by atoms with Crippen LogP contribution in [0.2, 0.25) is 0 Å². The minimum atomic E-state index is -4.02. The summed E-state index contributed by atoms with van der Waals surface area (Å²) in [4.78, 5) is 22.2. The molecule has 0 aromatic heterocycles. The highest BCUT2D eigenvalue weighted by Gasteiger charge is 2.33. The molecule has 0 atom stereocenters. The van der Waals surface area contributed by atoms with Crippen molar-refractivity contribution in [1.82, 2.24) is 0 Å². The number of hydrogen-bond acceptors (Lipinski definition) is 6. The third-order valence-corrected chi connectivity index (χ3v) is 4.14. The molecule has 0 unspecified atom stereocenters. The molecule has 3 N–H and O–H groups in total. The number of hydrogen-bond donors (Lipinski definition) is 2. The van der Waals surface area contributed by atoms with Crippen molar-refractivity contribution < 1.29 is 23.2 Å². The molecule has 1 aliphatic rings. The third-order valence-electron chi connectivity index (χ3n) is 3.23. The van der Waals surface area contributed by atoms with Gasteiger partial charge in [-0.25, -0.2) is 13.6 Å². The molecule has 1 aromatic carbocycles. The predicted molar refractivity (Wildman–Crippen MR) is 72.4 cm³/mol. The first-order valence-electron chi connectivity index (χ1n) is 5.96. The third kappa shape index (κ3) is 3.28. The summed E-state index contributed by atoms with van der Waals surface area (Å²) >= 11 is 0. The van der Waals surface area contributed by atoms with E-state index >= 15 is 0 Å². The van der Waals surface area contributed by atoms with E-state index in [1.807, 2.05) is 0 Å². The Bertz CT molecular complexity index is 696. The van der Waals surface area contributed by atoms with Crippen molar-refractivity contribution in [3.8, 4) is 0 Å². The zero-order valence-corrected chi connectivity index (χ0v) is 11.6. The Labute approximate surface area is 120 Å². The standard InChI is InChI=1S/C11H13N3O6S/c12-21(19,20)8-1-2-9(10(4-8)14(17)18)13-5-7(6-13)3-11(15)16/h1-2,4,7H,3,5-6H2,(H,15,16)(H2,12,19,20). The maximum absolute atomic E-state index is 11.2. The van der Waals surface area contributed by atoms with Gasteiger partial charge in [0.15, 0.2) is 0 Å². The van der Waals surface area contributed by atoms with E-state index in [9.17, 15) is 23.3 Å². The molecule has 1 fully saturated rings. The Morgan fingerprint density at radius 2 is 2.10 bits per heavy atom. The van der Waals surface area contributed by atoms with Crippen LogP contribution in [0.5, 0.6) is 0 Å². The summed E-state index contributed by atoms with van der Waals surface area (Å²) in [5, 5.41) is 24.7. The van der Waals surface area contributed by atoms with Gasteiger partial charge in [-0.15, -0.1) is 0 Å². The van der Waals surface area contributed by atoms with Gasteiger partial charge in [-0.3, -0.25) is 14.9 Å². The molecule has 0 bridgehead atoms. The average molecular weight is 315 g/mol. The summed E-state index contributed by atoms with van der Waals surface area (Å²) < 4.78 is 22.4. The topological polar surface area (TPSA) is 144 Å². The Balaban J connectivity index is 2.25. The molecule has 1 heterocycles. The van der Waals surface area contributed by atoms with Gasteiger partial charge in [-0.05, 0) is 12.1 Å². The van der Waals surface area contributed by atoms with Crippen LogP contribution in [0.1, 0.15) is 6.42 Å².